The molecule has 0 aromatic heterocycles. The highest BCUT2D eigenvalue weighted by molar-refractivity contribution is 5.96. The maximum atomic E-state index is 12.5. The number of aliphatic carboxylic acids is 1. The van der Waals surface area contributed by atoms with Gasteiger partial charge in [0.1, 0.15) is 17.7 Å². The Morgan fingerprint density at radius 1 is 1.10 bits per heavy atom. The van der Waals surface area contributed by atoms with Crippen LogP contribution in [0.5, 0.6) is 0 Å². The number of nitrogens with zero attached hydrogens (tertiary/aromatic N) is 1. The number of amides is 2. The Labute approximate surface area is 237 Å². The lowest BCUT2D eigenvalue weighted by Crippen LogP contribution is -2.54. The van der Waals surface area contributed by atoms with Crippen molar-refractivity contribution in [1.29, 1.82) is 0 Å². The summed E-state index contributed by atoms with van der Waals surface area (Å²) in [5.74, 6) is 1.88. The lowest BCUT2D eigenvalue weighted by Gasteiger charge is -2.58. The molecule has 0 spiro atoms. The zero-order valence-electron chi connectivity index (χ0n) is 24.5. The van der Waals surface area contributed by atoms with Gasteiger partial charge in [-0.25, -0.2) is 0 Å². The number of carbonyl (C=O) groups excluding carboxylic acids is 2. The Morgan fingerprint density at radius 3 is 2.45 bits per heavy atom. The lowest BCUT2D eigenvalue weighted by atomic mass is 9.46. The Hall–Kier alpha value is -2.86. The van der Waals surface area contributed by atoms with Gasteiger partial charge in [-0.2, -0.15) is 0 Å². The van der Waals surface area contributed by atoms with E-state index >= 15 is 0 Å². The van der Waals surface area contributed by atoms with E-state index in [0.29, 0.717) is 24.2 Å². The Kier molecular flexibility index (Phi) is 8.43. The SMILES string of the molecule is C#C[C@@]1(O)CC[C@H]2[C@@H]3CCC4=C/C(=N\OCC(=O)N[C@H](C(=O)N[C@@H](C)C(=O)O)C(C)C)CC[C@]4(C)[C@H]3CC[C@@]21C. The van der Waals surface area contributed by atoms with Crippen molar-refractivity contribution in [2.75, 3.05) is 6.61 Å². The number of fused-ring (bicyclic) bond motifs is 5. The second-order valence-corrected chi connectivity index (χ2v) is 13.2. The highest BCUT2D eigenvalue weighted by Crippen LogP contribution is 2.67. The average molecular weight is 556 g/mol. The van der Waals surface area contributed by atoms with Crippen molar-refractivity contribution >= 4 is 23.5 Å². The molecule has 0 aromatic rings. The van der Waals surface area contributed by atoms with Gasteiger partial charge >= 0.3 is 5.97 Å². The van der Waals surface area contributed by atoms with Gasteiger partial charge in [0.15, 0.2) is 6.61 Å². The minimum Gasteiger partial charge on any atom is -0.480 e. The van der Waals surface area contributed by atoms with Crippen LogP contribution < -0.4 is 10.6 Å². The van der Waals surface area contributed by atoms with E-state index in [1.807, 2.05) is 0 Å². The third kappa shape index (κ3) is 5.27. The number of carbonyl (C=O) groups is 3. The first-order chi connectivity index (χ1) is 18.8. The van der Waals surface area contributed by atoms with Gasteiger partial charge in [0, 0.05) is 5.41 Å². The first-order valence-electron chi connectivity index (χ1n) is 14.7. The van der Waals surface area contributed by atoms with Crippen LogP contribution in [0.4, 0.5) is 0 Å². The molecule has 4 N–H and O–H groups in total. The smallest absolute Gasteiger partial charge is 0.325 e. The van der Waals surface area contributed by atoms with Crippen LogP contribution in [0, 0.1) is 46.8 Å². The molecule has 0 heterocycles. The van der Waals surface area contributed by atoms with Crippen LogP contribution in [0.3, 0.4) is 0 Å². The first kappa shape index (κ1) is 30.1. The van der Waals surface area contributed by atoms with E-state index in [0.717, 1.165) is 50.7 Å². The molecule has 0 unspecified atom stereocenters. The van der Waals surface area contributed by atoms with Crippen molar-refractivity contribution in [3.63, 3.8) is 0 Å². The highest BCUT2D eigenvalue weighted by Gasteiger charge is 2.63. The molecule has 4 rings (SSSR count). The largest absolute Gasteiger partial charge is 0.480 e. The van der Waals surface area contributed by atoms with Gasteiger partial charge in [0.25, 0.3) is 5.91 Å². The number of aliphatic hydroxyl groups is 1. The van der Waals surface area contributed by atoms with E-state index in [2.05, 4.69) is 41.6 Å². The molecule has 0 aliphatic heterocycles. The maximum Gasteiger partial charge on any atom is 0.325 e. The third-order valence-electron chi connectivity index (χ3n) is 10.7. The Morgan fingerprint density at radius 2 is 1.80 bits per heavy atom. The third-order valence-corrected chi connectivity index (χ3v) is 10.7. The number of terminal acetylenes is 1. The van der Waals surface area contributed by atoms with Gasteiger partial charge in [-0.05, 0) is 93.5 Å². The van der Waals surface area contributed by atoms with Crippen molar-refractivity contribution < 1.29 is 29.4 Å². The van der Waals surface area contributed by atoms with E-state index in [-0.39, 0.29) is 23.4 Å². The molecule has 4 aliphatic rings. The summed E-state index contributed by atoms with van der Waals surface area (Å²) < 4.78 is 0. The fraction of sp³-hybridized carbons (Fsp3) is 0.742. The summed E-state index contributed by atoms with van der Waals surface area (Å²) in [5.41, 5.74) is 1.09. The first-order valence-corrected chi connectivity index (χ1v) is 14.7. The highest BCUT2D eigenvalue weighted by atomic mass is 16.6. The number of carboxylic acid groups (broad SMARTS) is 1. The van der Waals surface area contributed by atoms with Crippen molar-refractivity contribution in [1.82, 2.24) is 10.6 Å². The number of hydrogen-bond donors (Lipinski definition) is 4. The minimum atomic E-state index is -1.15. The summed E-state index contributed by atoms with van der Waals surface area (Å²) >= 11 is 0. The molecule has 4 aliphatic carbocycles. The van der Waals surface area contributed by atoms with Crippen LogP contribution in [0.1, 0.15) is 86.0 Å². The zero-order valence-corrected chi connectivity index (χ0v) is 24.5. The predicted octanol–water partition coefficient (Wildman–Crippen LogP) is 3.42. The summed E-state index contributed by atoms with van der Waals surface area (Å²) in [6.07, 6.45) is 15.5. The van der Waals surface area contributed by atoms with E-state index < -0.39 is 35.5 Å². The van der Waals surface area contributed by atoms with Crippen LogP contribution in [0.25, 0.3) is 0 Å². The van der Waals surface area contributed by atoms with E-state index in [1.54, 1.807) is 13.8 Å². The van der Waals surface area contributed by atoms with E-state index in [1.165, 1.54) is 12.5 Å². The van der Waals surface area contributed by atoms with Gasteiger partial charge in [0.2, 0.25) is 5.91 Å². The number of nitrogens with one attached hydrogen (secondary N) is 2. The van der Waals surface area contributed by atoms with Gasteiger partial charge < -0.3 is 25.7 Å². The van der Waals surface area contributed by atoms with Crippen molar-refractivity contribution in [2.45, 2.75) is 104 Å². The van der Waals surface area contributed by atoms with Gasteiger partial charge in [0.05, 0.1) is 5.71 Å². The molecule has 3 fully saturated rings. The molecular formula is C31H45N3O6. The fourth-order valence-electron chi connectivity index (χ4n) is 8.18. The number of allylic oxidation sites excluding steroid dienone is 2. The van der Waals surface area contributed by atoms with Gasteiger partial charge in [-0.3, -0.25) is 14.4 Å². The number of rotatable bonds is 8. The van der Waals surface area contributed by atoms with Crippen LogP contribution in [-0.4, -0.2) is 58.0 Å². The normalized spacial score (nSPS) is 37.2. The zero-order chi connectivity index (χ0) is 29.5. The van der Waals surface area contributed by atoms with Crippen molar-refractivity contribution in [3.8, 4) is 12.3 Å². The van der Waals surface area contributed by atoms with Crippen LogP contribution in [0.15, 0.2) is 16.8 Å². The molecule has 9 heteroatoms. The monoisotopic (exact) mass is 555 g/mol. The standard InChI is InChI=1S/C31H45N3O6/c1-7-31(39)15-12-24-22-9-8-20-16-21(10-13-29(20,5)23(22)11-14-30(24,31)6)34-40-17-25(35)33-26(18(2)3)27(36)32-19(4)28(37)38/h1,16,18-19,22-24,26,39H,8-15,17H2,2-6H3,(H,32,36)(H,33,35)(H,37,38)/b34-21-/t19-,22+,23-,24-,26-,29-,30-,31+/m0/s1. The molecule has 0 radical (unpaired) electrons. The van der Waals surface area contributed by atoms with Crippen LogP contribution >= 0.6 is 0 Å². The summed E-state index contributed by atoms with van der Waals surface area (Å²) in [5, 5.41) is 29.5. The molecule has 2 amide bonds. The van der Waals surface area contributed by atoms with Crippen molar-refractivity contribution in [3.05, 3.63) is 11.6 Å². The molecule has 9 nitrogen and oxygen atoms in total. The summed E-state index contributed by atoms with van der Waals surface area (Å²) in [6, 6.07) is -1.94. The second-order valence-electron chi connectivity index (χ2n) is 13.2. The number of carboxylic acids is 1. The molecular weight excluding hydrogens is 510 g/mol. The molecule has 3 saturated carbocycles. The number of hydrogen-bond acceptors (Lipinski definition) is 6. The predicted molar refractivity (Wildman–Crippen MR) is 151 cm³/mol. The summed E-state index contributed by atoms with van der Waals surface area (Å²) in [7, 11) is 0. The molecule has 8 atom stereocenters. The second kappa shape index (κ2) is 11.2. The van der Waals surface area contributed by atoms with Crippen LogP contribution in [0.2, 0.25) is 0 Å². The van der Waals surface area contributed by atoms with Gasteiger partial charge in [-0.15, -0.1) is 6.42 Å². The summed E-state index contributed by atoms with van der Waals surface area (Å²) in [6.45, 7) is 9.16. The lowest BCUT2D eigenvalue weighted by molar-refractivity contribution is -0.142. The topological polar surface area (TPSA) is 137 Å². The van der Waals surface area contributed by atoms with Gasteiger partial charge in [-0.1, -0.05) is 44.3 Å². The Balaban J connectivity index is 1.36. The maximum absolute atomic E-state index is 12.5. The van der Waals surface area contributed by atoms with E-state index in [4.69, 9.17) is 16.4 Å². The minimum absolute atomic E-state index is 0.0857. The van der Waals surface area contributed by atoms with Crippen LogP contribution in [-0.2, 0) is 19.2 Å². The molecule has 40 heavy (non-hydrogen) atoms. The molecule has 220 valence electrons. The van der Waals surface area contributed by atoms with E-state index in [9.17, 15) is 19.5 Å². The molecule has 0 saturated heterocycles. The van der Waals surface area contributed by atoms with Crippen molar-refractivity contribution in [2.24, 2.45) is 39.7 Å². The number of oxime groups is 1. The summed E-state index contributed by atoms with van der Waals surface area (Å²) in [4.78, 5) is 41.4. The quantitative estimate of drug-likeness (QED) is 0.268. The molecule has 0 aromatic carbocycles. The molecule has 0 bridgehead atoms. The average Bonchev–Trinajstić information content (AvgIpc) is 3.18. The Bertz CT molecular complexity index is 1140. The fourth-order valence-corrected chi connectivity index (χ4v) is 8.18.